The van der Waals surface area contributed by atoms with Gasteiger partial charge in [-0.2, -0.15) is 27.4 Å². The van der Waals surface area contributed by atoms with Gasteiger partial charge in [0.15, 0.2) is 33.2 Å². The maximum Gasteiger partial charge on any atom is 0.397 e. The van der Waals surface area contributed by atoms with Crippen LogP contribution >= 0.6 is 0 Å². The molecule has 18 nitrogen and oxygen atoms in total. The van der Waals surface area contributed by atoms with Crippen molar-refractivity contribution in [2.45, 2.75) is 17.0 Å². The van der Waals surface area contributed by atoms with E-state index in [9.17, 15) is 0 Å². The van der Waals surface area contributed by atoms with Crippen LogP contribution in [-0.2, 0) is 17.0 Å². The summed E-state index contributed by atoms with van der Waals surface area (Å²) < 4.78 is 55.1. The van der Waals surface area contributed by atoms with Gasteiger partial charge in [-0.05, 0) is 211 Å². The second-order valence-corrected chi connectivity index (χ2v) is 38.5. The minimum atomic E-state index is -0.749. The van der Waals surface area contributed by atoms with E-state index in [-0.39, 0.29) is 0 Å². The average molecular weight is 1840 g/mol. The molecule has 0 saturated carbocycles. The average Bonchev–Trinajstić information content (AvgIpc) is 1.50. The van der Waals surface area contributed by atoms with Crippen molar-refractivity contribution in [3.05, 3.63) is 483 Å². The molecule has 0 saturated heterocycles. The molecule has 10 aromatic heterocycles. The predicted molar refractivity (Wildman–Crippen MR) is 549 cm³/mol. The molecule has 143 heavy (non-hydrogen) atoms. The van der Waals surface area contributed by atoms with Crippen LogP contribution in [-0.4, -0.2) is 37.9 Å². The van der Waals surface area contributed by atoms with Gasteiger partial charge in [0.2, 0.25) is 24.5 Å². The minimum Gasteiger partial charge on any atom is -0.456 e. The molecule has 3 atom stereocenters. The largest absolute Gasteiger partial charge is 0.456 e. The highest BCUT2D eigenvalue weighted by molar-refractivity contribution is 6.16. The lowest BCUT2D eigenvalue weighted by molar-refractivity contribution is -0.993. The molecule has 18 heteroatoms. The number of benzene rings is 17. The van der Waals surface area contributed by atoms with Crippen LogP contribution in [0, 0.1) is 0 Å². The number of pyridine rings is 3. The lowest BCUT2D eigenvalue weighted by Gasteiger charge is -2.32. The third kappa shape index (κ3) is 9.39. The van der Waals surface area contributed by atoms with Gasteiger partial charge in [0.25, 0.3) is 23.3 Å². The zero-order valence-electron chi connectivity index (χ0n) is 76.1. The highest BCUT2D eigenvalue weighted by Crippen LogP contribution is 2.61. The number of fused-ring (bicyclic) bond motifs is 24. The maximum absolute atomic E-state index is 6.82. The molecular weight excluding hydrogens is 1760 g/mol. The normalized spacial score (nSPS) is 16.2. The predicted octanol–water partition coefficient (Wildman–Crippen LogP) is 24.4. The Bertz CT molecular complexity index is 10400. The van der Waals surface area contributed by atoms with Crippen molar-refractivity contribution in [2.75, 3.05) is 0 Å². The molecule has 9 aliphatic rings. The van der Waals surface area contributed by atoms with E-state index in [0.29, 0.717) is 11.8 Å². The van der Waals surface area contributed by atoms with Gasteiger partial charge in [-0.25, -0.2) is 0 Å². The highest BCUT2D eigenvalue weighted by atomic mass is 16.5. The number of nitrogens with zero attached hydrogens (tertiary/aromatic N) is 14. The van der Waals surface area contributed by atoms with Crippen molar-refractivity contribution in [2.24, 2.45) is 0 Å². The summed E-state index contributed by atoms with van der Waals surface area (Å²) in [6.07, 6.45) is 20.1. The monoisotopic (exact) mass is 1830 g/mol. The Morgan fingerprint density at radius 3 is 1.02 bits per heavy atom. The van der Waals surface area contributed by atoms with Crippen LogP contribution in [0.3, 0.4) is 0 Å². The quantitative estimate of drug-likeness (QED) is 0.121. The van der Waals surface area contributed by atoms with E-state index in [1.807, 2.05) is 30.3 Å². The van der Waals surface area contributed by atoms with Gasteiger partial charge in [-0.3, -0.25) is 0 Å². The summed E-state index contributed by atoms with van der Waals surface area (Å²) in [5.74, 6) is 9.53. The second kappa shape index (κ2) is 27.1. The number of para-hydroxylation sites is 3. The molecule has 17 aromatic carbocycles. The molecule has 0 fully saturated rings. The van der Waals surface area contributed by atoms with Gasteiger partial charge >= 0.3 is 17.0 Å². The molecule has 19 heterocycles. The molecule has 3 spiro atoms. The van der Waals surface area contributed by atoms with Crippen molar-refractivity contribution < 1.29 is 46.4 Å². The zero-order chi connectivity index (χ0) is 92.7. The third-order valence-corrected chi connectivity index (χ3v) is 31.7. The molecule has 3 unspecified atom stereocenters. The lowest BCUT2D eigenvalue weighted by atomic mass is 9.84. The van der Waals surface area contributed by atoms with Gasteiger partial charge in [0, 0.05) is 56.1 Å². The molecule has 0 N–H and O–H groups in total. The van der Waals surface area contributed by atoms with Gasteiger partial charge in [0.05, 0.1) is 48.3 Å². The molecule has 0 aliphatic carbocycles. The summed E-state index contributed by atoms with van der Waals surface area (Å²) in [6.45, 7) is 0. The summed E-state index contributed by atoms with van der Waals surface area (Å²) in [5.41, 5.74) is 26.5. The second-order valence-electron chi connectivity index (χ2n) is 38.5. The van der Waals surface area contributed by atoms with Crippen LogP contribution in [0.25, 0.3) is 200 Å². The van der Waals surface area contributed by atoms with Gasteiger partial charge in [-0.1, -0.05) is 245 Å². The summed E-state index contributed by atoms with van der Waals surface area (Å²) in [5, 5.41) is 23.8. The first-order valence-electron chi connectivity index (χ1n) is 48.6. The molecule has 0 bridgehead atoms. The molecule has 0 radical (unpaired) electrons. The SMILES string of the molecule is c1cc2c3c(c1)-n1cc(-c4ccc(-c5c6ccccc6cc6ccccc56)cc4)c[n+]1C31c3c(ccc4c5ccccc5n(c34)-c3cccc[n+]31)O2.c1cc2c3c(c1)-n1cc(-c4ccc(-c5cccc6ccccc56)cc4)c[n+]1C31c3c(ccc4c5ccccc5n(c34)-c3cccc[n+]31)O2.c1ccc(-c2nnc(-c3cn4[n+](c3)C35c6c(cccc6-4)Oc4ccc6c7ccccc7n(c6c43)-c3cccc[n+]35)o2)cc1. The molecule has 36 rings (SSSR count). The van der Waals surface area contributed by atoms with Crippen LogP contribution in [0.2, 0.25) is 0 Å². The van der Waals surface area contributed by atoms with E-state index in [2.05, 4.69) is 485 Å². The summed E-state index contributed by atoms with van der Waals surface area (Å²) >= 11 is 0. The lowest BCUT2D eigenvalue weighted by Crippen LogP contribution is -2.76. The van der Waals surface area contributed by atoms with Crippen molar-refractivity contribution >= 4 is 97.7 Å². The van der Waals surface area contributed by atoms with E-state index in [0.717, 1.165) is 130 Å². The smallest absolute Gasteiger partial charge is 0.397 e. The first-order chi connectivity index (χ1) is 70.9. The molecule has 27 aromatic rings. The fourth-order valence-electron chi connectivity index (χ4n) is 26.2. The van der Waals surface area contributed by atoms with Crippen LogP contribution in [0.15, 0.2) is 455 Å². The number of ether oxygens (including phenoxy) is 3. The Morgan fingerprint density at radius 2 is 0.573 bits per heavy atom. The molecule has 662 valence electrons. The van der Waals surface area contributed by atoms with Crippen LogP contribution in [0.4, 0.5) is 0 Å². The zero-order valence-corrected chi connectivity index (χ0v) is 76.1. The Kier molecular flexibility index (Phi) is 14.3. The first kappa shape index (κ1) is 75.7. The van der Waals surface area contributed by atoms with Crippen molar-refractivity contribution in [3.8, 4) is 136 Å². The van der Waals surface area contributed by atoms with E-state index in [1.165, 1.54) is 126 Å². The summed E-state index contributed by atoms with van der Waals surface area (Å²) in [6, 6.07) is 141. The third-order valence-electron chi connectivity index (χ3n) is 31.7. The summed E-state index contributed by atoms with van der Waals surface area (Å²) in [7, 11) is 0. The van der Waals surface area contributed by atoms with E-state index in [4.69, 9.17) is 18.6 Å². The fraction of sp³-hybridized carbons (Fsp3) is 0.0240. The van der Waals surface area contributed by atoms with E-state index >= 15 is 0 Å². The Labute approximate surface area is 813 Å². The van der Waals surface area contributed by atoms with Crippen molar-refractivity contribution in [1.29, 1.82) is 0 Å². The van der Waals surface area contributed by atoms with Crippen LogP contribution in [0.5, 0.6) is 34.5 Å². The maximum atomic E-state index is 6.82. The number of aromatic nitrogens is 14. The van der Waals surface area contributed by atoms with Gasteiger partial charge < -0.3 is 18.6 Å². The Hall–Kier alpha value is -19.5. The summed E-state index contributed by atoms with van der Waals surface area (Å²) in [4.78, 5) is 0. The number of hydrogen-bond acceptors (Lipinski definition) is 6. The minimum absolute atomic E-state index is 0.469. The molecule has 9 aliphatic heterocycles. The highest BCUT2D eigenvalue weighted by Gasteiger charge is 2.72. The Balaban J connectivity index is 0.0000000932. The van der Waals surface area contributed by atoms with E-state index < -0.39 is 17.0 Å². The molecular formula is C125H74N14O4+6. The fourth-order valence-corrected chi connectivity index (χ4v) is 26.2. The molecule has 0 amide bonds. The number of rotatable bonds is 6. The van der Waals surface area contributed by atoms with Crippen LogP contribution in [0.1, 0.15) is 33.4 Å². The van der Waals surface area contributed by atoms with Crippen molar-refractivity contribution in [1.82, 2.24) is 37.9 Å². The topological polar surface area (TPSA) is 119 Å². The first-order valence-corrected chi connectivity index (χ1v) is 48.6. The van der Waals surface area contributed by atoms with Crippen LogP contribution < -0.4 is 42.0 Å². The van der Waals surface area contributed by atoms with Crippen molar-refractivity contribution in [3.63, 3.8) is 0 Å². The standard InChI is InChI=1S/C47H28N4O.C43H26N4O.C35H20N6O2/c1-3-12-34-31(10-1)26-32-11-2-4-13-35(32)43(34)30-21-19-29(20-22-30)33-27-49-39-16-9-17-40-44(39)47(50(49)28-33)45-41(52-40)24-23-37-36-14-5-6-15-38(36)51(46(37)45)42-18-7-8-25-48(42)47;1-2-11-31-28(9-1)10-7-13-32(31)29-20-18-27(19-21-29)30-25-45-36-15-8-16-37-40(36)43(46(45)26-30)41-38(48-37)23-22-34-33-12-3-4-14-35(33)47(42(34)41)39-17-5-6-24-44(39)43;1-2-9-21(10-3-1)33-36-37-34(43-33)22-19-39-26-13-8-14-27-30(26)35(40(39)20-22)31-28(42-27)17-16-24-23-11-4-5-12-25(23)41(32(24)31)29-15-6-7-18-38(29)35/h1-28H;1-26H;1-20H/q3*+2. The van der Waals surface area contributed by atoms with Gasteiger partial charge in [0.1, 0.15) is 90.4 Å². The number of hydrogen-bond donors (Lipinski definition) is 0. The van der Waals surface area contributed by atoms with Gasteiger partial charge in [-0.15, -0.1) is 24.2 Å². The Morgan fingerprint density at radius 1 is 0.231 bits per heavy atom. The van der Waals surface area contributed by atoms with E-state index in [1.54, 1.807) is 0 Å².